The molecule has 0 aromatic carbocycles. The zero-order chi connectivity index (χ0) is 10.3. The lowest BCUT2D eigenvalue weighted by atomic mass is 10.2. The molecule has 0 aliphatic carbocycles. The molecule has 0 unspecified atom stereocenters. The Labute approximate surface area is 80.0 Å². The topological polar surface area (TPSA) is 25.8 Å². The molecule has 1 aromatic heterocycles. The Morgan fingerprint density at radius 1 is 1.15 bits per heavy atom. The fourth-order valence-corrected chi connectivity index (χ4v) is 0.978. The van der Waals surface area contributed by atoms with Crippen LogP contribution < -0.4 is 10.4 Å². The van der Waals surface area contributed by atoms with Crippen molar-refractivity contribution in [2.24, 2.45) is 0 Å². The van der Waals surface area contributed by atoms with Crippen molar-refractivity contribution < 1.29 is 0 Å². The molecule has 0 saturated carbocycles. The van der Waals surface area contributed by atoms with E-state index >= 15 is 0 Å². The van der Waals surface area contributed by atoms with Gasteiger partial charge in [-0.15, -0.1) is 0 Å². The van der Waals surface area contributed by atoms with Gasteiger partial charge in [-0.3, -0.25) is 0 Å². The van der Waals surface area contributed by atoms with Crippen molar-refractivity contribution in [1.29, 1.82) is 0 Å². The molecule has 0 N–H and O–H groups in total. The standard InChI is InChI=1S/C9H12N2.C2H6/c1-4-8-5-10-11-6-9(8)7(2)3;1-2/h4-6H,1-3H3;1-2H3/b8-4-;. The zero-order valence-corrected chi connectivity index (χ0v) is 9.13. The summed E-state index contributed by atoms with van der Waals surface area (Å²) in [5, 5.41) is 9.96. The molecule has 0 spiro atoms. The summed E-state index contributed by atoms with van der Waals surface area (Å²) in [5.74, 6) is 0. The molecular formula is C11H18N2. The maximum absolute atomic E-state index is 3.82. The molecule has 0 fully saturated rings. The predicted octanol–water partition coefficient (Wildman–Crippen LogP) is 1.49. The Morgan fingerprint density at radius 2 is 1.69 bits per heavy atom. The second-order valence-electron chi connectivity index (χ2n) is 2.65. The van der Waals surface area contributed by atoms with E-state index in [1.807, 2.05) is 26.8 Å². The van der Waals surface area contributed by atoms with Gasteiger partial charge < -0.3 is 0 Å². The highest BCUT2D eigenvalue weighted by Crippen LogP contribution is 1.80. The molecule has 0 aliphatic heterocycles. The van der Waals surface area contributed by atoms with Crippen molar-refractivity contribution >= 4 is 11.6 Å². The maximum atomic E-state index is 3.82. The molecule has 0 amide bonds. The van der Waals surface area contributed by atoms with Gasteiger partial charge in [0.15, 0.2) is 0 Å². The first-order chi connectivity index (χ1) is 6.25. The number of nitrogens with zero attached hydrogens (tertiary/aromatic N) is 2. The van der Waals surface area contributed by atoms with E-state index in [1.165, 1.54) is 10.8 Å². The number of rotatable bonds is 0. The average molecular weight is 178 g/mol. The lowest BCUT2D eigenvalue weighted by Gasteiger charge is -1.90. The third kappa shape index (κ3) is 3.36. The summed E-state index contributed by atoms with van der Waals surface area (Å²) in [4.78, 5) is 0. The molecule has 0 atom stereocenters. The first-order valence-corrected chi connectivity index (χ1v) is 4.66. The highest BCUT2D eigenvalue weighted by atomic mass is 15.1. The summed E-state index contributed by atoms with van der Waals surface area (Å²) in [6.45, 7) is 10.2. The van der Waals surface area contributed by atoms with Gasteiger partial charge in [0.2, 0.25) is 0 Å². The van der Waals surface area contributed by atoms with Crippen LogP contribution in [0.5, 0.6) is 0 Å². The first kappa shape index (κ1) is 11.8. The summed E-state index contributed by atoms with van der Waals surface area (Å²) in [7, 11) is 0. The van der Waals surface area contributed by atoms with Crippen molar-refractivity contribution in [2.45, 2.75) is 34.6 Å². The minimum Gasteiger partial charge on any atom is -0.159 e. The average Bonchev–Trinajstić information content (AvgIpc) is 2.20. The van der Waals surface area contributed by atoms with E-state index in [1.54, 1.807) is 12.4 Å². The van der Waals surface area contributed by atoms with Gasteiger partial charge in [0.1, 0.15) is 0 Å². The highest BCUT2D eigenvalue weighted by molar-refractivity contribution is 5.39. The Balaban J connectivity index is 0.000000671. The van der Waals surface area contributed by atoms with Gasteiger partial charge in [0.05, 0.1) is 12.4 Å². The van der Waals surface area contributed by atoms with Crippen LogP contribution in [0.1, 0.15) is 34.6 Å². The van der Waals surface area contributed by atoms with Crippen molar-refractivity contribution in [3.8, 4) is 0 Å². The summed E-state index contributed by atoms with van der Waals surface area (Å²) in [6.07, 6.45) is 5.62. The fourth-order valence-electron chi connectivity index (χ4n) is 0.978. The Kier molecular flexibility index (Phi) is 5.77. The second-order valence-corrected chi connectivity index (χ2v) is 2.65. The first-order valence-electron chi connectivity index (χ1n) is 4.66. The smallest absolute Gasteiger partial charge is 0.0573 e. The number of aromatic nitrogens is 2. The van der Waals surface area contributed by atoms with Crippen molar-refractivity contribution in [3.05, 3.63) is 22.8 Å². The molecule has 0 aliphatic rings. The van der Waals surface area contributed by atoms with Crippen LogP contribution in [0.2, 0.25) is 0 Å². The maximum Gasteiger partial charge on any atom is 0.0573 e. The minimum atomic E-state index is 1.15. The summed E-state index contributed by atoms with van der Waals surface area (Å²) in [6, 6.07) is 0. The Bertz CT molecular complexity index is 349. The highest BCUT2D eigenvalue weighted by Gasteiger charge is 1.85. The Hall–Kier alpha value is -1.18. The van der Waals surface area contributed by atoms with Gasteiger partial charge in [0.25, 0.3) is 0 Å². The molecular weight excluding hydrogens is 160 g/mol. The molecule has 2 nitrogen and oxygen atoms in total. The Morgan fingerprint density at radius 3 is 2.08 bits per heavy atom. The largest absolute Gasteiger partial charge is 0.159 e. The third-order valence-corrected chi connectivity index (χ3v) is 1.61. The van der Waals surface area contributed by atoms with Crippen molar-refractivity contribution in [2.75, 3.05) is 0 Å². The van der Waals surface area contributed by atoms with Crippen LogP contribution in [0.25, 0.3) is 11.6 Å². The number of hydrogen-bond acceptors (Lipinski definition) is 2. The van der Waals surface area contributed by atoms with Crippen LogP contribution in [0.15, 0.2) is 12.4 Å². The molecule has 0 saturated heterocycles. The molecule has 1 rings (SSSR count). The van der Waals surface area contributed by atoms with E-state index in [9.17, 15) is 0 Å². The van der Waals surface area contributed by atoms with Crippen molar-refractivity contribution in [1.82, 2.24) is 10.2 Å². The van der Waals surface area contributed by atoms with Crippen LogP contribution in [-0.4, -0.2) is 10.2 Å². The van der Waals surface area contributed by atoms with Crippen LogP contribution in [0.3, 0.4) is 0 Å². The van der Waals surface area contributed by atoms with Gasteiger partial charge in [-0.2, -0.15) is 10.2 Å². The summed E-state index contributed by atoms with van der Waals surface area (Å²) < 4.78 is 0. The van der Waals surface area contributed by atoms with Crippen LogP contribution in [-0.2, 0) is 0 Å². The van der Waals surface area contributed by atoms with Crippen LogP contribution in [0, 0.1) is 0 Å². The van der Waals surface area contributed by atoms with Gasteiger partial charge in [-0.1, -0.05) is 25.5 Å². The third-order valence-electron chi connectivity index (χ3n) is 1.61. The zero-order valence-electron chi connectivity index (χ0n) is 9.13. The monoisotopic (exact) mass is 178 g/mol. The van der Waals surface area contributed by atoms with E-state index in [-0.39, 0.29) is 0 Å². The lowest BCUT2D eigenvalue weighted by molar-refractivity contribution is 1.00. The molecule has 13 heavy (non-hydrogen) atoms. The van der Waals surface area contributed by atoms with E-state index in [4.69, 9.17) is 0 Å². The van der Waals surface area contributed by atoms with Gasteiger partial charge in [-0.25, -0.2) is 0 Å². The van der Waals surface area contributed by atoms with E-state index < -0.39 is 0 Å². The predicted molar refractivity (Wildman–Crippen MR) is 57.5 cm³/mol. The second kappa shape index (κ2) is 6.35. The molecule has 0 radical (unpaired) electrons. The summed E-state index contributed by atoms with van der Waals surface area (Å²) >= 11 is 0. The fraction of sp³-hybridized carbons (Fsp3) is 0.455. The quantitative estimate of drug-likeness (QED) is 0.601. The summed E-state index contributed by atoms with van der Waals surface area (Å²) in [5.41, 5.74) is 1.27. The lowest BCUT2D eigenvalue weighted by Crippen LogP contribution is -2.26. The van der Waals surface area contributed by atoms with E-state index in [2.05, 4.69) is 24.0 Å². The molecule has 1 aromatic rings. The molecule has 2 heteroatoms. The van der Waals surface area contributed by atoms with Gasteiger partial charge in [-0.05, 0) is 26.0 Å². The minimum absolute atomic E-state index is 1.15. The van der Waals surface area contributed by atoms with E-state index in [0.29, 0.717) is 0 Å². The van der Waals surface area contributed by atoms with Gasteiger partial charge in [0, 0.05) is 5.22 Å². The normalized spacial score (nSPS) is 10.4. The van der Waals surface area contributed by atoms with Crippen LogP contribution in [0.4, 0.5) is 0 Å². The molecule has 72 valence electrons. The number of hydrogen-bond donors (Lipinski definition) is 0. The van der Waals surface area contributed by atoms with Gasteiger partial charge >= 0.3 is 0 Å². The van der Waals surface area contributed by atoms with Crippen molar-refractivity contribution in [3.63, 3.8) is 0 Å². The van der Waals surface area contributed by atoms with Crippen LogP contribution >= 0.6 is 0 Å². The van der Waals surface area contributed by atoms with E-state index in [0.717, 1.165) is 5.22 Å². The molecule has 1 heterocycles. The molecule has 0 bridgehead atoms. The SMILES string of the molecule is C/C=c1/cnncc1=C(C)C.CC.